The van der Waals surface area contributed by atoms with Gasteiger partial charge in [0.2, 0.25) is 6.29 Å². The molecule has 9 heteroatoms. The number of carbonyl (C=O) groups is 3. The lowest BCUT2D eigenvalue weighted by molar-refractivity contribution is -0.157. The summed E-state index contributed by atoms with van der Waals surface area (Å²) in [6.45, 7) is 0. The largest absolute Gasteiger partial charge is 0.435 e. The number of esters is 3. The van der Waals surface area contributed by atoms with E-state index < -0.39 is 68.2 Å². The minimum Gasteiger partial charge on any atom is -0.435 e. The Morgan fingerprint density at radius 2 is 1.40 bits per heavy atom. The van der Waals surface area contributed by atoms with Crippen LogP contribution in [-0.2, 0) is 33.7 Å². The number of ether oxygens (including phenoxy) is 2. The van der Waals surface area contributed by atoms with Crippen LogP contribution in [-0.4, -0.2) is 48.2 Å². The Balaban J connectivity index is 1.50. The average molecular weight is 372 g/mol. The Labute approximate surface area is 144 Å². The molecule has 0 aromatic carbocycles. The summed E-state index contributed by atoms with van der Waals surface area (Å²) >= 11 is 0. The maximum absolute atomic E-state index is 13.0. The van der Waals surface area contributed by atoms with Crippen LogP contribution in [0, 0.1) is 23.7 Å². The van der Waals surface area contributed by atoms with E-state index in [0.717, 1.165) is 0 Å². The summed E-state index contributed by atoms with van der Waals surface area (Å²) in [7, 11) is -3.54. The first kappa shape index (κ1) is 17.0. The normalized spacial score (nSPS) is 44.0. The zero-order valence-electron chi connectivity index (χ0n) is 13.5. The van der Waals surface area contributed by atoms with Crippen LogP contribution >= 0.6 is 0 Å². The molecule has 4 rings (SSSR count). The Hall–Kier alpha value is -1.48. The van der Waals surface area contributed by atoms with Crippen LogP contribution in [0.3, 0.4) is 0 Å². The van der Waals surface area contributed by atoms with Gasteiger partial charge in [-0.15, -0.1) is 0 Å². The molecule has 2 saturated carbocycles. The van der Waals surface area contributed by atoms with Crippen LogP contribution < -0.4 is 0 Å². The Morgan fingerprint density at radius 1 is 0.800 bits per heavy atom. The Bertz CT molecular complexity index is 728. The fourth-order valence-corrected chi connectivity index (χ4v) is 7.30. The van der Waals surface area contributed by atoms with E-state index in [2.05, 4.69) is 4.74 Å². The molecule has 0 amide bonds. The van der Waals surface area contributed by atoms with Gasteiger partial charge in [0.05, 0.1) is 28.3 Å². The van der Waals surface area contributed by atoms with E-state index in [9.17, 15) is 27.9 Å². The summed E-state index contributed by atoms with van der Waals surface area (Å²) in [5, 5.41) is 8.49. The highest BCUT2D eigenvalue weighted by Gasteiger charge is 2.54. The molecule has 0 spiro atoms. The van der Waals surface area contributed by atoms with Crippen LogP contribution in [0.2, 0.25) is 0 Å². The van der Waals surface area contributed by atoms with Crippen LogP contribution in [0.15, 0.2) is 0 Å². The molecule has 2 heterocycles. The molecule has 0 bridgehead atoms. The number of hydrogen-bond acceptors (Lipinski definition) is 8. The highest BCUT2D eigenvalue weighted by molar-refractivity contribution is 7.92. The number of carbonyl (C=O) groups excluding carboxylic acids is 3. The molecule has 1 N–H and O–H groups in total. The van der Waals surface area contributed by atoms with E-state index in [1.165, 1.54) is 0 Å². The second kappa shape index (κ2) is 5.77. The number of rotatable bonds is 2. The van der Waals surface area contributed by atoms with Gasteiger partial charge in [0.1, 0.15) is 0 Å². The Morgan fingerprint density at radius 3 is 2.12 bits per heavy atom. The van der Waals surface area contributed by atoms with Crippen molar-refractivity contribution in [2.24, 2.45) is 23.7 Å². The first-order chi connectivity index (χ1) is 11.8. The lowest BCUT2D eigenvalue weighted by Crippen LogP contribution is -2.43. The number of hydrogen-bond donors (Lipinski definition) is 1. The molecular weight excluding hydrogens is 352 g/mol. The van der Waals surface area contributed by atoms with Gasteiger partial charge in [-0.3, -0.25) is 14.4 Å². The molecule has 0 aromatic heterocycles. The zero-order chi connectivity index (χ0) is 17.9. The predicted molar refractivity (Wildman–Crippen MR) is 81.4 cm³/mol. The van der Waals surface area contributed by atoms with Crippen molar-refractivity contribution in [2.75, 3.05) is 0 Å². The van der Waals surface area contributed by atoms with E-state index in [1.807, 2.05) is 0 Å². The summed E-state index contributed by atoms with van der Waals surface area (Å²) < 4.78 is 35.6. The maximum Gasteiger partial charge on any atom is 0.317 e. The molecule has 2 saturated heterocycles. The van der Waals surface area contributed by atoms with Gasteiger partial charge in [-0.25, -0.2) is 8.42 Å². The van der Waals surface area contributed by atoms with Gasteiger partial charge in [0, 0.05) is 5.92 Å². The standard InChI is InChI=1S/C16H20O8S/c17-13-9-3-1-7(5-11(9)15(19)23-13)25(21,22)8-2-4-10-12(6-8)16(20)24-14(10)18/h7-12,15,19H,1-6H2. The summed E-state index contributed by atoms with van der Waals surface area (Å²) in [5.41, 5.74) is 0. The molecule has 7 atom stereocenters. The highest BCUT2D eigenvalue weighted by atomic mass is 32.2. The molecule has 4 fully saturated rings. The van der Waals surface area contributed by atoms with Crippen molar-refractivity contribution in [3.05, 3.63) is 0 Å². The smallest absolute Gasteiger partial charge is 0.317 e. The van der Waals surface area contributed by atoms with Gasteiger partial charge < -0.3 is 14.6 Å². The van der Waals surface area contributed by atoms with Crippen molar-refractivity contribution >= 4 is 27.7 Å². The average Bonchev–Trinajstić information content (AvgIpc) is 3.03. The van der Waals surface area contributed by atoms with Crippen molar-refractivity contribution < 1.29 is 37.4 Å². The molecule has 8 nitrogen and oxygen atoms in total. The first-order valence-corrected chi connectivity index (χ1v) is 10.3. The van der Waals surface area contributed by atoms with Crippen molar-refractivity contribution in [2.45, 2.75) is 55.3 Å². The lowest BCUT2D eigenvalue weighted by Gasteiger charge is -2.34. The maximum atomic E-state index is 13.0. The van der Waals surface area contributed by atoms with Crippen molar-refractivity contribution in [3.63, 3.8) is 0 Å². The second-order valence-corrected chi connectivity index (χ2v) is 10.0. The molecule has 0 radical (unpaired) electrons. The molecule has 0 aromatic rings. The lowest BCUT2D eigenvalue weighted by atomic mass is 9.80. The number of aliphatic hydroxyl groups is 1. The van der Waals surface area contributed by atoms with Crippen LogP contribution in [0.5, 0.6) is 0 Å². The highest BCUT2D eigenvalue weighted by Crippen LogP contribution is 2.45. The molecule has 138 valence electrons. The topological polar surface area (TPSA) is 124 Å². The number of aliphatic hydroxyl groups excluding tert-OH is 1. The van der Waals surface area contributed by atoms with Gasteiger partial charge in [-0.2, -0.15) is 0 Å². The van der Waals surface area contributed by atoms with Crippen LogP contribution in [0.4, 0.5) is 0 Å². The molecule has 4 aliphatic rings. The van der Waals surface area contributed by atoms with Crippen LogP contribution in [0.1, 0.15) is 38.5 Å². The van der Waals surface area contributed by atoms with Crippen molar-refractivity contribution in [3.8, 4) is 0 Å². The van der Waals surface area contributed by atoms with Gasteiger partial charge in [-0.05, 0) is 38.5 Å². The summed E-state index contributed by atoms with van der Waals surface area (Å²) in [4.78, 5) is 35.0. The fourth-order valence-electron chi connectivity index (χ4n) is 4.86. The quantitative estimate of drug-likeness (QED) is 0.528. The number of fused-ring (bicyclic) bond motifs is 2. The van der Waals surface area contributed by atoms with Gasteiger partial charge in [-0.1, -0.05) is 0 Å². The van der Waals surface area contributed by atoms with E-state index in [0.29, 0.717) is 25.7 Å². The molecule has 7 unspecified atom stereocenters. The van der Waals surface area contributed by atoms with Gasteiger partial charge in [0.15, 0.2) is 9.84 Å². The molecule has 25 heavy (non-hydrogen) atoms. The second-order valence-electron chi connectivity index (χ2n) is 7.51. The molecule has 2 aliphatic carbocycles. The third kappa shape index (κ3) is 2.59. The minimum absolute atomic E-state index is 0.111. The van der Waals surface area contributed by atoms with E-state index in [4.69, 9.17) is 4.74 Å². The fraction of sp³-hybridized carbons (Fsp3) is 0.812. The van der Waals surface area contributed by atoms with Crippen molar-refractivity contribution in [1.29, 1.82) is 0 Å². The van der Waals surface area contributed by atoms with E-state index in [1.54, 1.807) is 0 Å². The number of cyclic esters (lactones) is 3. The first-order valence-electron chi connectivity index (χ1n) is 8.66. The number of sulfone groups is 1. The van der Waals surface area contributed by atoms with Gasteiger partial charge >= 0.3 is 17.9 Å². The van der Waals surface area contributed by atoms with E-state index in [-0.39, 0.29) is 12.8 Å². The minimum atomic E-state index is -3.54. The Kier molecular flexibility index (Phi) is 3.91. The van der Waals surface area contributed by atoms with Gasteiger partial charge in [0.25, 0.3) is 0 Å². The van der Waals surface area contributed by atoms with Crippen LogP contribution in [0.25, 0.3) is 0 Å². The monoisotopic (exact) mass is 372 g/mol. The zero-order valence-corrected chi connectivity index (χ0v) is 14.3. The van der Waals surface area contributed by atoms with Crippen molar-refractivity contribution in [1.82, 2.24) is 0 Å². The molecular formula is C16H20O8S. The third-order valence-electron chi connectivity index (χ3n) is 6.30. The summed E-state index contributed by atoms with van der Waals surface area (Å²) in [6, 6.07) is 0. The predicted octanol–water partition coefficient (Wildman–Crippen LogP) is -0.0704. The SMILES string of the molecule is O=C1OC(=O)C2CC(S(=O)(=O)C3CCC4C(=O)OC(O)C4C3)CCC12. The molecule has 2 aliphatic heterocycles. The summed E-state index contributed by atoms with van der Waals surface area (Å²) in [6.07, 6.45) is 0.446. The van der Waals surface area contributed by atoms with E-state index >= 15 is 0 Å². The third-order valence-corrected chi connectivity index (χ3v) is 9.01. The summed E-state index contributed by atoms with van der Waals surface area (Å²) in [5.74, 6) is -3.73.